The number of nitrogens with two attached hydrogens (primary N) is 1. The maximum absolute atomic E-state index is 12.5. The number of aryl methyl sites for hydroxylation is 1. The number of amides is 2. The van der Waals surface area contributed by atoms with E-state index in [4.69, 9.17) is 10.5 Å². The number of anilines is 1. The normalized spacial score (nSPS) is 33.7. The Hall–Kier alpha value is -2.22. The summed E-state index contributed by atoms with van der Waals surface area (Å²) in [6.45, 7) is 9.20. The molecule has 4 N–H and O–H groups in total. The fourth-order valence-electron chi connectivity index (χ4n) is 6.52. The van der Waals surface area contributed by atoms with E-state index in [1.54, 1.807) is 19.9 Å². The molecule has 1 saturated heterocycles. The summed E-state index contributed by atoms with van der Waals surface area (Å²) in [5, 5.41) is 6.24. The minimum absolute atomic E-state index is 0.0449. The molecule has 2 heterocycles. The number of carbonyl (C=O) groups excluding carboxylic acids is 2. The Kier molecular flexibility index (Phi) is 5.24. The van der Waals surface area contributed by atoms with E-state index >= 15 is 0 Å². The van der Waals surface area contributed by atoms with E-state index in [0.717, 1.165) is 25.7 Å². The van der Waals surface area contributed by atoms with Crippen molar-refractivity contribution < 1.29 is 14.3 Å². The van der Waals surface area contributed by atoms with Crippen molar-refractivity contribution >= 4 is 17.8 Å². The van der Waals surface area contributed by atoms with E-state index in [9.17, 15) is 9.59 Å². The molecule has 8 nitrogen and oxygen atoms in total. The van der Waals surface area contributed by atoms with Crippen LogP contribution in [0.3, 0.4) is 0 Å². The van der Waals surface area contributed by atoms with Gasteiger partial charge >= 0.3 is 0 Å². The Morgan fingerprint density at radius 1 is 1.33 bits per heavy atom. The minimum Gasteiger partial charge on any atom is -0.378 e. The van der Waals surface area contributed by atoms with Crippen LogP contribution in [0, 0.1) is 29.6 Å². The van der Waals surface area contributed by atoms with Crippen molar-refractivity contribution in [1.29, 1.82) is 0 Å². The Bertz CT molecular complexity index is 837. The summed E-state index contributed by atoms with van der Waals surface area (Å²) < 4.78 is 6.18. The van der Waals surface area contributed by atoms with Gasteiger partial charge in [-0.3, -0.25) is 9.59 Å². The van der Waals surface area contributed by atoms with Crippen LogP contribution < -0.4 is 16.4 Å². The second kappa shape index (κ2) is 7.48. The number of nitrogen functional groups attached to an aromatic ring is 1. The highest BCUT2D eigenvalue weighted by Crippen LogP contribution is 2.68. The second-order valence-corrected chi connectivity index (χ2v) is 9.89. The van der Waals surface area contributed by atoms with Crippen molar-refractivity contribution in [2.75, 3.05) is 18.9 Å². The Labute approximate surface area is 177 Å². The van der Waals surface area contributed by atoms with Gasteiger partial charge in [-0.05, 0) is 61.3 Å². The van der Waals surface area contributed by atoms with Crippen LogP contribution in [0.1, 0.15) is 62.6 Å². The number of hydrogen-bond acceptors (Lipinski definition) is 6. The van der Waals surface area contributed by atoms with Crippen LogP contribution in [0.15, 0.2) is 6.07 Å². The zero-order valence-electron chi connectivity index (χ0n) is 18.3. The van der Waals surface area contributed by atoms with Crippen molar-refractivity contribution in [1.82, 2.24) is 20.6 Å². The SMILES string of the molecule is CC(=O)N[C@H]1C(C)(C)[C@@H]2C[C@@H]3[C@@H](CCNC(=O)c4cc(C)nc(N)n4)OCCC31C2. The number of ether oxygens (including phenoxy) is 1. The Morgan fingerprint density at radius 2 is 2.10 bits per heavy atom. The molecule has 2 aliphatic carbocycles. The van der Waals surface area contributed by atoms with Gasteiger partial charge in [-0.2, -0.15) is 0 Å². The zero-order chi connectivity index (χ0) is 21.7. The van der Waals surface area contributed by atoms with Gasteiger partial charge in [0.25, 0.3) is 5.91 Å². The minimum atomic E-state index is -0.247. The summed E-state index contributed by atoms with van der Waals surface area (Å²) in [4.78, 5) is 32.4. The molecule has 4 rings (SSSR count). The van der Waals surface area contributed by atoms with Gasteiger partial charge in [0.2, 0.25) is 11.9 Å². The molecule has 1 aromatic rings. The fraction of sp³-hybridized carbons (Fsp3) is 0.727. The third-order valence-electron chi connectivity index (χ3n) is 7.79. The van der Waals surface area contributed by atoms with Crippen LogP contribution in [0.2, 0.25) is 0 Å². The van der Waals surface area contributed by atoms with E-state index in [1.807, 2.05) is 0 Å². The van der Waals surface area contributed by atoms with E-state index < -0.39 is 0 Å². The Morgan fingerprint density at radius 3 is 2.80 bits per heavy atom. The molecule has 3 aliphatic rings. The maximum atomic E-state index is 12.5. The highest BCUT2D eigenvalue weighted by molar-refractivity contribution is 5.92. The first-order valence-electron chi connectivity index (χ1n) is 10.9. The number of nitrogens with one attached hydrogen (secondary N) is 2. The van der Waals surface area contributed by atoms with Gasteiger partial charge in [0.05, 0.1) is 6.10 Å². The van der Waals surface area contributed by atoms with Crippen molar-refractivity contribution in [3.63, 3.8) is 0 Å². The molecule has 1 unspecified atom stereocenters. The van der Waals surface area contributed by atoms with Crippen LogP contribution in [0.4, 0.5) is 5.95 Å². The molecular formula is C22H33N5O3. The van der Waals surface area contributed by atoms with Crippen molar-refractivity contribution in [2.24, 2.45) is 22.7 Å². The maximum Gasteiger partial charge on any atom is 0.270 e. The molecule has 8 heteroatoms. The molecule has 1 aliphatic heterocycles. The highest BCUT2D eigenvalue weighted by atomic mass is 16.5. The van der Waals surface area contributed by atoms with Crippen LogP contribution in [0.5, 0.6) is 0 Å². The standard InChI is InChI=1S/C22H33N5O3/c1-12-9-16(27-20(23)25-12)18(29)24-7-5-17-15-10-14-11-22(15,6-8-30-17)19(21(14,3)4)26-13(2)28/h9,14-15,17,19H,5-8,10-11H2,1-4H3,(H,24,29)(H,26,28)(H2,23,25,27)/t14-,15-,17-,19+,22?/m1/s1. The predicted molar refractivity (Wildman–Crippen MR) is 113 cm³/mol. The summed E-state index contributed by atoms with van der Waals surface area (Å²) in [6, 6.07) is 1.81. The van der Waals surface area contributed by atoms with Crippen molar-refractivity contribution in [3.8, 4) is 0 Å². The molecule has 0 radical (unpaired) electrons. The van der Waals surface area contributed by atoms with Gasteiger partial charge < -0.3 is 21.1 Å². The number of hydrogen-bond donors (Lipinski definition) is 3. The predicted octanol–water partition coefficient (Wildman–Crippen LogP) is 1.83. The van der Waals surface area contributed by atoms with E-state index in [-0.39, 0.29) is 46.4 Å². The number of fused-ring (bicyclic) bond motifs is 1. The van der Waals surface area contributed by atoms with Crippen LogP contribution in [-0.2, 0) is 9.53 Å². The molecule has 2 bridgehead atoms. The van der Waals surface area contributed by atoms with Crippen LogP contribution >= 0.6 is 0 Å². The largest absolute Gasteiger partial charge is 0.378 e. The number of carbonyl (C=O) groups is 2. The van der Waals surface area contributed by atoms with E-state index in [2.05, 4.69) is 34.4 Å². The first kappa shape index (κ1) is 21.0. The molecule has 164 valence electrons. The van der Waals surface area contributed by atoms with Gasteiger partial charge in [0.15, 0.2) is 0 Å². The fourth-order valence-corrected chi connectivity index (χ4v) is 6.52. The third kappa shape index (κ3) is 3.45. The average molecular weight is 416 g/mol. The lowest BCUT2D eigenvalue weighted by molar-refractivity contribution is -0.135. The first-order chi connectivity index (χ1) is 14.1. The summed E-state index contributed by atoms with van der Waals surface area (Å²) in [6.07, 6.45) is 4.11. The second-order valence-electron chi connectivity index (χ2n) is 9.89. The molecule has 5 atom stereocenters. The summed E-state index contributed by atoms with van der Waals surface area (Å²) in [7, 11) is 0. The molecule has 3 fully saturated rings. The molecule has 1 aromatic heterocycles. The van der Waals surface area contributed by atoms with Gasteiger partial charge in [0, 0.05) is 31.8 Å². The topological polar surface area (TPSA) is 119 Å². The van der Waals surface area contributed by atoms with Gasteiger partial charge in [-0.25, -0.2) is 9.97 Å². The molecular weight excluding hydrogens is 382 g/mol. The lowest BCUT2D eigenvalue weighted by Crippen LogP contribution is -2.60. The van der Waals surface area contributed by atoms with Crippen LogP contribution in [-0.4, -0.2) is 47.1 Å². The lowest BCUT2D eigenvalue weighted by Gasteiger charge is -2.53. The van der Waals surface area contributed by atoms with Gasteiger partial charge in [-0.15, -0.1) is 0 Å². The van der Waals surface area contributed by atoms with Crippen molar-refractivity contribution in [3.05, 3.63) is 17.5 Å². The zero-order valence-corrected chi connectivity index (χ0v) is 18.3. The molecule has 2 saturated carbocycles. The van der Waals surface area contributed by atoms with Crippen molar-refractivity contribution in [2.45, 2.75) is 65.5 Å². The molecule has 2 amide bonds. The monoisotopic (exact) mass is 415 g/mol. The number of rotatable bonds is 5. The average Bonchev–Trinajstić information content (AvgIpc) is 3.14. The quantitative estimate of drug-likeness (QED) is 0.675. The summed E-state index contributed by atoms with van der Waals surface area (Å²) in [5.74, 6) is 0.901. The number of aromatic nitrogens is 2. The molecule has 1 spiro atoms. The molecule has 30 heavy (non-hydrogen) atoms. The highest BCUT2D eigenvalue weighted by Gasteiger charge is 2.68. The van der Waals surface area contributed by atoms with Crippen LogP contribution in [0.25, 0.3) is 0 Å². The first-order valence-corrected chi connectivity index (χ1v) is 10.9. The number of nitrogens with zero attached hydrogens (tertiary/aromatic N) is 2. The van der Waals surface area contributed by atoms with E-state index in [1.165, 1.54) is 0 Å². The summed E-state index contributed by atoms with van der Waals surface area (Å²) >= 11 is 0. The Balaban J connectivity index is 1.42. The molecule has 0 aromatic carbocycles. The van der Waals surface area contributed by atoms with Gasteiger partial charge in [-0.1, -0.05) is 13.8 Å². The summed E-state index contributed by atoms with van der Waals surface area (Å²) in [5.41, 5.74) is 6.81. The van der Waals surface area contributed by atoms with E-state index in [0.29, 0.717) is 30.7 Å². The third-order valence-corrected chi connectivity index (χ3v) is 7.79. The smallest absolute Gasteiger partial charge is 0.270 e. The van der Waals surface area contributed by atoms with Gasteiger partial charge in [0.1, 0.15) is 5.69 Å². The lowest BCUT2D eigenvalue weighted by atomic mass is 9.59.